The van der Waals surface area contributed by atoms with Crippen LogP contribution in [0.2, 0.25) is 0 Å². The molecule has 3 atom stereocenters. The first-order valence-corrected chi connectivity index (χ1v) is 4.84. The average Bonchev–Trinajstić information content (AvgIpc) is 2.50. The van der Waals surface area contributed by atoms with Crippen LogP contribution < -0.4 is 5.32 Å². The van der Waals surface area contributed by atoms with Crippen LogP contribution in [0.3, 0.4) is 0 Å². The summed E-state index contributed by atoms with van der Waals surface area (Å²) in [6.45, 7) is 2.48. The standard InChI is InChI=1S/C11H15NO2.ClH/c1-7-2-4-8(5-3-7)10-11(14)9(13)6-12-10;/h2-5,9-14H,6H2,1H3;1H/t9-,10-,11+;/m1./s1. The Morgan fingerprint density at radius 1 is 1.20 bits per heavy atom. The summed E-state index contributed by atoms with van der Waals surface area (Å²) >= 11 is 0. The van der Waals surface area contributed by atoms with E-state index in [9.17, 15) is 10.2 Å². The van der Waals surface area contributed by atoms with Crippen molar-refractivity contribution in [3.05, 3.63) is 35.4 Å². The second kappa shape index (κ2) is 4.94. The molecule has 2 rings (SSSR count). The maximum absolute atomic E-state index is 9.67. The van der Waals surface area contributed by atoms with Crippen molar-refractivity contribution in [3.8, 4) is 0 Å². The van der Waals surface area contributed by atoms with Crippen molar-refractivity contribution in [2.24, 2.45) is 0 Å². The fourth-order valence-corrected chi connectivity index (χ4v) is 1.80. The van der Waals surface area contributed by atoms with E-state index in [2.05, 4.69) is 5.32 Å². The number of nitrogens with one attached hydrogen (secondary N) is 1. The van der Waals surface area contributed by atoms with Gasteiger partial charge in [0.2, 0.25) is 0 Å². The molecule has 0 saturated carbocycles. The summed E-state index contributed by atoms with van der Waals surface area (Å²) in [6.07, 6.45) is -1.35. The molecule has 3 nitrogen and oxygen atoms in total. The van der Waals surface area contributed by atoms with Crippen molar-refractivity contribution in [1.29, 1.82) is 0 Å². The molecule has 1 fully saturated rings. The largest absolute Gasteiger partial charge is 0.389 e. The van der Waals surface area contributed by atoms with E-state index in [0.717, 1.165) is 5.56 Å². The van der Waals surface area contributed by atoms with Crippen LogP contribution in [0.4, 0.5) is 0 Å². The zero-order chi connectivity index (χ0) is 10.1. The second-order valence-electron chi connectivity index (χ2n) is 3.85. The molecule has 4 heteroatoms. The van der Waals surface area contributed by atoms with Crippen LogP contribution in [0.15, 0.2) is 24.3 Å². The van der Waals surface area contributed by atoms with Gasteiger partial charge in [0.1, 0.15) is 6.10 Å². The topological polar surface area (TPSA) is 52.5 Å². The minimum absolute atomic E-state index is 0. The number of aliphatic hydroxyl groups excluding tert-OH is 2. The monoisotopic (exact) mass is 229 g/mol. The highest BCUT2D eigenvalue weighted by Crippen LogP contribution is 2.23. The van der Waals surface area contributed by atoms with E-state index in [1.165, 1.54) is 5.56 Å². The Morgan fingerprint density at radius 2 is 1.80 bits per heavy atom. The Morgan fingerprint density at radius 3 is 2.27 bits per heavy atom. The molecule has 0 spiro atoms. The number of rotatable bonds is 1. The molecule has 0 unspecified atom stereocenters. The molecule has 1 heterocycles. The van der Waals surface area contributed by atoms with Gasteiger partial charge in [-0.2, -0.15) is 0 Å². The molecule has 1 aliphatic heterocycles. The smallest absolute Gasteiger partial charge is 0.101 e. The van der Waals surface area contributed by atoms with Crippen LogP contribution >= 0.6 is 12.4 Å². The molecule has 84 valence electrons. The van der Waals surface area contributed by atoms with E-state index in [0.29, 0.717) is 6.54 Å². The molecule has 1 aromatic carbocycles. The second-order valence-corrected chi connectivity index (χ2v) is 3.85. The van der Waals surface area contributed by atoms with E-state index in [1.54, 1.807) is 0 Å². The number of β-amino-alcohol motifs (C(OH)–C–C–N with tert-alkyl or cyclic N) is 1. The maximum Gasteiger partial charge on any atom is 0.101 e. The maximum atomic E-state index is 9.67. The minimum Gasteiger partial charge on any atom is -0.389 e. The van der Waals surface area contributed by atoms with Gasteiger partial charge in [-0.05, 0) is 12.5 Å². The van der Waals surface area contributed by atoms with Gasteiger partial charge in [0.25, 0.3) is 0 Å². The summed E-state index contributed by atoms with van der Waals surface area (Å²) in [5.41, 5.74) is 2.22. The van der Waals surface area contributed by atoms with Crippen molar-refractivity contribution >= 4 is 12.4 Å². The van der Waals surface area contributed by atoms with Crippen molar-refractivity contribution in [1.82, 2.24) is 5.32 Å². The van der Waals surface area contributed by atoms with E-state index in [4.69, 9.17) is 0 Å². The minimum atomic E-state index is -0.697. The van der Waals surface area contributed by atoms with Gasteiger partial charge in [-0.15, -0.1) is 12.4 Å². The first kappa shape index (κ1) is 12.5. The molecule has 0 aromatic heterocycles. The quantitative estimate of drug-likeness (QED) is 0.667. The van der Waals surface area contributed by atoms with Gasteiger partial charge in [0.15, 0.2) is 0 Å². The van der Waals surface area contributed by atoms with Crippen LogP contribution in [0.5, 0.6) is 0 Å². The SMILES string of the molecule is Cc1ccc([C@H]2NC[C@@H](O)[C@@H]2O)cc1.Cl. The lowest BCUT2D eigenvalue weighted by molar-refractivity contribution is 0.0405. The molecular formula is C11H16ClNO2. The van der Waals surface area contributed by atoms with E-state index < -0.39 is 12.2 Å². The van der Waals surface area contributed by atoms with Gasteiger partial charge < -0.3 is 15.5 Å². The molecule has 0 aliphatic carbocycles. The van der Waals surface area contributed by atoms with Gasteiger partial charge in [-0.3, -0.25) is 0 Å². The highest BCUT2D eigenvalue weighted by molar-refractivity contribution is 5.85. The third-order valence-corrected chi connectivity index (χ3v) is 2.72. The number of aryl methyl sites for hydroxylation is 1. The summed E-state index contributed by atoms with van der Waals surface area (Å²) in [5.74, 6) is 0. The third-order valence-electron chi connectivity index (χ3n) is 2.72. The summed E-state index contributed by atoms with van der Waals surface area (Å²) in [7, 11) is 0. The van der Waals surface area contributed by atoms with Crippen molar-refractivity contribution in [2.45, 2.75) is 25.2 Å². The number of hydrogen-bond acceptors (Lipinski definition) is 3. The highest BCUT2D eigenvalue weighted by Gasteiger charge is 2.33. The molecule has 1 aromatic rings. The first-order chi connectivity index (χ1) is 6.68. The predicted molar refractivity (Wildman–Crippen MR) is 61.2 cm³/mol. The Hall–Kier alpha value is -0.610. The number of aliphatic hydroxyl groups is 2. The van der Waals surface area contributed by atoms with Crippen LogP contribution in [-0.4, -0.2) is 29.0 Å². The normalized spacial score (nSPS) is 29.9. The fraction of sp³-hybridized carbons (Fsp3) is 0.455. The van der Waals surface area contributed by atoms with E-state index in [-0.39, 0.29) is 18.4 Å². The number of halogens is 1. The Kier molecular flexibility index (Phi) is 4.11. The summed E-state index contributed by atoms with van der Waals surface area (Å²) in [6, 6.07) is 7.84. The zero-order valence-corrected chi connectivity index (χ0v) is 9.37. The van der Waals surface area contributed by atoms with Crippen LogP contribution in [0.25, 0.3) is 0 Å². The van der Waals surface area contributed by atoms with Crippen LogP contribution in [0, 0.1) is 6.92 Å². The summed E-state index contributed by atoms with van der Waals surface area (Å²) in [4.78, 5) is 0. The Bertz CT molecular complexity index is 315. The van der Waals surface area contributed by atoms with Gasteiger partial charge in [0, 0.05) is 6.54 Å². The molecular weight excluding hydrogens is 214 g/mol. The molecule has 1 aliphatic rings. The summed E-state index contributed by atoms with van der Waals surface area (Å²) in [5, 5.41) is 22.1. The van der Waals surface area contributed by atoms with Crippen molar-refractivity contribution in [3.63, 3.8) is 0 Å². The lowest BCUT2D eigenvalue weighted by Crippen LogP contribution is -2.25. The number of benzene rings is 1. The van der Waals surface area contributed by atoms with Crippen molar-refractivity contribution < 1.29 is 10.2 Å². The van der Waals surface area contributed by atoms with Gasteiger partial charge in [-0.25, -0.2) is 0 Å². The van der Waals surface area contributed by atoms with E-state index in [1.807, 2.05) is 31.2 Å². The van der Waals surface area contributed by atoms with Crippen LogP contribution in [0.1, 0.15) is 17.2 Å². The predicted octanol–water partition coefficient (Wildman–Crippen LogP) is 0.783. The lowest BCUT2D eigenvalue weighted by Gasteiger charge is -2.16. The van der Waals surface area contributed by atoms with Gasteiger partial charge in [0.05, 0.1) is 12.1 Å². The first-order valence-electron chi connectivity index (χ1n) is 4.84. The molecule has 15 heavy (non-hydrogen) atoms. The molecule has 0 radical (unpaired) electrons. The molecule has 1 saturated heterocycles. The molecule has 0 amide bonds. The van der Waals surface area contributed by atoms with Crippen molar-refractivity contribution in [2.75, 3.05) is 6.54 Å². The molecule has 0 bridgehead atoms. The average molecular weight is 230 g/mol. The fourth-order valence-electron chi connectivity index (χ4n) is 1.80. The number of hydrogen-bond donors (Lipinski definition) is 3. The van der Waals surface area contributed by atoms with E-state index >= 15 is 0 Å². The highest BCUT2D eigenvalue weighted by atomic mass is 35.5. The lowest BCUT2D eigenvalue weighted by atomic mass is 10.0. The van der Waals surface area contributed by atoms with Gasteiger partial charge in [-0.1, -0.05) is 29.8 Å². The van der Waals surface area contributed by atoms with Gasteiger partial charge >= 0.3 is 0 Å². The Labute approximate surface area is 95.5 Å². The summed E-state index contributed by atoms with van der Waals surface area (Å²) < 4.78 is 0. The van der Waals surface area contributed by atoms with Crippen LogP contribution in [-0.2, 0) is 0 Å². The Balaban J connectivity index is 0.00000112. The third kappa shape index (κ3) is 2.49. The molecule has 3 N–H and O–H groups in total. The zero-order valence-electron chi connectivity index (χ0n) is 8.55.